The first-order valence-corrected chi connectivity index (χ1v) is 9.47. The standard InChI is InChI=1S/C21H25N3O3/c1-15-4-2-5-17(14-15)22-16-8-10-24(11-9-16)21(25)23-18-6-3-7-19-20(18)27-13-12-26-19/h2-7,14,16,22H,8-13H2,1H3,(H,23,25). The molecule has 2 aromatic carbocycles. The lowest BCUT2D eigenvalue weighted by Crippen LogP contribution is -2.44. The van der Waals surface area contributed by atoms with Crippen LogP contribution < -0.4 is 20.1 Å². The zero-order valence-electron chi connectivity index (χ0n) is 15.5. The molecule has 2 aromatic rings. The van der Waals surface area contributed by atoms with Gasteiger partial charge in [-0.15, -0.1) is 0 Å². The number of anilines is 2. The minimum atomic E-state index is -0.0911. The highest BCUT2D eigenvalue weighted by Gasteiger charge is 2.24. The highest BCUT2D eigenvalue weighted by atomic mass is 16.6. The van der Waals surface area contributed by atoms with Crippen molar-refractivity contribution in [1.82, 2.24) is 4.90 Å². The van der Waals surface area contributed by atoms with Crippen molar-refractivity contribution in [2.75, 3.05) is 36.9 Å². The number of benzene rings is 2. The first-order chi connectivity index (χ1) is 13.2. The number of amides is 2. The molecule has 1 fully saturated rings. The molecule has 1 saturated heterocycles. The average Bonchev–Trinajstić information content (AvgIpc) is 2.69. The topological polar surface area (TPSA) is 62.8 Å². The molecule has 0 spiro atoms. The molecule has 2 aliphatic rings. The van der Waals surface area contributed by atoms with Gasteiger partial charge in [-0.1, -0.05) is 18.2 Å². The Morgan fingerprint density at radius 2 is 1.85 bits per heavy atom. The van der Waals surface area contributed by atoms with Gasteiger partial charge in [0.25, 0.3) is 0 Å². The van der Waals surface area contributed by atoms with Crippen molar-refractivity contribution in [2.45, 2.75) is 25.8 Å². The van der Waals surface area contributed by atoms with Crippen molar-refractivity contribution in [3.8, 4) is 11.5 Å². The maximum atomic E-state index is 12.7. The van der Waals surface area contributed by atoms with Crippen molar-refractivity contribution >= 4 is 17.4 Å². The van der Waals surface area contributed by atoms with Gasteiger partial charge in [0, 0.05) is 24.8 Å². The summed E-state index contributed by atoms with van der Waals surface area (Å²) in [7, 11) is 0. The van der Waals surface area contributed by atoms with Gasteiger partial charge < -0.3 is 25.0 Å². The quantitative estimate of drug-likeness (QED) is 0.864. The molecule has 2 heterocycles. The van der Waals surface area contributed by atoms with E-state index in [-0.39, 0.29) is 6.03 Å². The molecule has 27 heavy (non-hydrogen) atoms. The number of nitrogens with zero attached hydrogens (tertiary/aromatic N) is 1. The number of rotatable bonds is 3. The van der Waals surface area contributed by atoms with Gasteiger partial charge in [-0.05, 0) is 49.6 Å². The second-order valence-corrected chi connectivity index (χ2v) is 7.04. The molecule has 0 aliphatic carbocycles. The maximum Gasteiger partial charge on any atom is 0.321 e. The minimum absolute atomic E-state index is 0.0911. The Labute approximate surface area is 159 Å². The van der Waals surface area contributed by atoms with Gasteiger partial charge >= 0.3 is 6.03 Å². The van der Waals surface area contributed by atoms with Crippen LogP contribution in [-0.2, 0) is 0 Å². The molecule has 0 saturated carbocycles. The molecule has 0 atom stereocenters. The van der Waals surface area contributed by atoms with Crippen LogP contribution in [0.4, 0.5) is 16.2 Å². The lowest BCUT2D eigenvalue weighted by molar-refractivity contribution is 0.172. The molecule has 6 nitrogen and oxygen atoms in total. The zero-order valence-corrected chi connectivity index (χ0v) is 15.5. The second kappa shape index (κ2) is 7.78. The monoisotopic (exact) mass is 367 g/mol. The van der Waals surface area contributed by atoms with Crippen LogP contribution >= 0.6 is 0 Å². The molecule has 0 unspecified atom stereocenters. The number of carbonyl (C=O) groups is 1. The van der Waals surface area contributed by atoms with Crippen molar-refractivity contribution < 1.29 is 14.3 Å². The summed E-state index contributed by atoms with van der Waals surface area (Å²) in [6.45, 7) is 4.57. The normalized spacial score (nSPS) is 16.7. The Bertz CT molecular complexity index is 816. The van der Waals surface area contributed by atoms with E-state index in [4.69, 9.17) is 9.47 Å². The lowest BCUT2D eigenvalue weighted by Gasteiger charge is -2.33. The summed E-state index contributed by atoms with van der Waals surface area (Å²) in [6.07, 6.45) is 1.85. The largest absolute Gasteiger partial charge is 0.486 e. The molecule has 2 N–H and O–H groups in total. The van der Waals surface area contributed by atoms with Crippen LogP contribution in [0.2, 0.25) is 0 Å². The van der Waals surface area contributed by atoms with Crippen LogP contribution in [0.25, 0.3) is 0 Å². The number of piperidine rings is 1. The van der Waals surface area contributed by atoms with E-state index >= 15 is 0 Å². The summed E-state index contributed by atoms with van der Waals surface area (Å²) >= 11 is 0. The fourth-order valence-electron chi connectivity index (χ4n) is 3.56. The molecule has 0 aromatic heterocycles. The SMILES string of the molecule is Cc1cccc(NC2CCN(C(=O)Nc3cccc4c3OCCO4)CC2)c1. The Morgan fingerprint density at radius 3 is 2.67 bits per heavy atom. The fraction of sp³-hybridized carbons (Fsp3) is 0.381. The van der Waals surface area contributed by atoms with E-state index in [0.717, 1.165) is 31.6 Å². The lowest BCUT2D eigenvalue weighted by atomic mass is 10.0. The highest BCUT2D eigenvalue weighted by Crippen LogP contribution is 2.37. The maximum absolute atomic E-state index is 12.7. The molecular weight excluding hydrogens is 342 g/mol. The number of hydrogen-bond acceptors (Lipinski definition) is 4. The van der Waals surface area contributed by atoms with E-state index in [1.165, 1.54) is 5.56 Å². The summed E-state index contributed by atoms with van der Waals surface area (Å²) < 4.78 is 11.2. The second-order valence-electron chi connectivity index (χ2n) is 7.04. The highest BCUT2D eigenvalue weighted by molar-refractivity contribution is 5.91. The van der Waals surface area contributed by atoms with E-state index in [0.29, 0.717) is 36.4 Å². The van der Waals surface area contributed by atoms with E-state index < -0.39 is 0 Å². The van der Waals surface area contributed by atoms with Crippen LogP contribution in [0, 0.1) is 6.92 Å². The number of carbonyl (C=O) groups excluding carboxylic acids is 1. The first kappa shape index (κ1) is 17.5. The summed E-state index contributed by atoms with van der Waals surface area (Å²) in [5, 5.41) is 6.55. The van der Waals surface area contributed by atoms with E-state index in [1.807, 2.05) is 23.1 Å². The number of aryl methyl sites for hydroxylation is 1. The van der Waals surface area contributed by atoms with Crippen molar-refractivity contribution in [1.29, 1.82) is 0 Å². The van der Waals surface area contributed by atoms with Crippen molar-refractivity contribution in [3.63, 3.8) is 0 Å². The van der Waals surface area contributed by atoms with E-state index in [1.54, 1.807) is 0 Å². The molecule has 0 bridgehead atoms. The molecule has 4 rings (SSSR count). The van der Waals surface area contributed by atoms with E-state index in [9.17, 15) is 4.79 Å². The Morgan fingerprint density at radius 1 is 1.07 bits per heavy atom. The van der Waals surface area contributed by atoms with Crippen LogP contribution in [-0.4, -0.2) is 43.3 Å². The van der Waals surface area contributed by atoms with Gasteiger partial charge in [0.15, 0.2) is 11.5 Å². The van der Waals surface area contributed by atoms with Gasteiger partial charge in [0.05, 0.1) is 5.69 Å². The Kier molecular flexibility index (Phi) is 5.05. The predicted octanol–water partition coefficient (Wildman–Crippen LogP) is 3.87. The smallest absolute Gasteiger partial charge is 0.321 e. The van der Waals surface area contributed by atoms with Gasteiger partial charge in [0.1, 0.15) is 13.2 Å². The van der Waals surface area contributed by atoms with Gasteiger partial charge in [0.2, 0.25) is 0 Å². The van der Waals surface area contributed by atoms with Crippen molar-refractivity contribution in [2.24, 2.45) is 0 Å². The summed E-state index contributed by atoms with van der Waals surface area (Å²) in [5.41, 5.74) is 3.05. The third-order valence-electron chi connectivity index (χ3n) is 4.98. The Balaban J connectivity index is 1.33. The third-order valence-corrected chi connectivity index (χ3v) is 4.98. The van der Waals surface area contributed by atoms with Crippen molar-refractivity contribution in [3.05, 3.63) is 48.0 Å². The average molecular weight is 367 g/mol. The molecule has 0 radical (unpaired) electrons. The third kappa shape index (κ3) is 4.10. The van der Waals surface area contributed by atoms with E-state index in [2.05, 4.69) is 41.8 Å². The summed E-state index contributed by atoms with van der Waals surface area (Å²) in [6, 6.07) is 14.3. The summed E-state index contributed by atoms with van der Waals surface area (Å²) in [4.78, 5) is 14.5. The molecule has 142 valence electrons. The first-order valence-electron chi connectivity index (χ1n) is 9.47. The van der Waals surface area contributed by atoms with Crippen LogP contribution in [0.1, 0.15) is 18.4 Å². The van der Waals surface area contributed by atoms with Crippen LogP contribution in [0.3, 0.4) is 0 Å². The minimum Gasteiger partial charge on any atom is -0.486 e. The predicted molar refractivity (Wildman–Crippen MR) is 106 cm³/mol. The number of para-hydroxylation sites is 1. The molecule has 2 aliphatic heterocycles. The van der Waals surface area contributed by atoms with Crippen LogP contribution in [0.15, 0.2) is 42.5 Å². The van der Waals surface area contributed by atoms with Crippen LogP contribution in [0.5, 0.6) is 11.5 Å². The fourth-order valence-corrected chi connectivity index (χ4v) is 3.56. The zero-order chi connectivity index (χ0) is 18.6. The number of fused-ring (bicyclic) bond motifs is 1. The molecule has 6 heteroatoms. The number of urea groups is 1. The van der Waals surface area contributed by atoms with Gasteiger partial charge in [-0.2, -0.15) is 0 Å². The molecular formula is C21H25N3O3. The Hall–Kier alpha value is -2.89. The number of ether oxygens (including phenoxy) is 2. The summed E-state index contributed by atoms with van der Waals surface area (Å²) in [5.74, 6) is 1.30. The number of likely N-dealkylation sites (tertiary alicyclic amines) is 1. The molecule has 2 amide bonds. The number of nitrogens with one attached hydrogen (secondary N) is 2. The number of hydrogen-bond donors (Lipinski definition) is 2. The van der Waals surface area contributed by atoms with Gasteiger partial charge in [-0.25, -0.2) is 4.79 Å². The van der Waals surface area contributed by atoms with Gasteiger partial charge in [-0.3, -0.25) is 0 Å².